The summed E-state index contributed by atoms with van der Waals surface area (Å²) in [5.41, 5.74) is 4.45. The number of aromatic nitrogens is 1. The van der Waals surface area contributed by atoms with Crippen LogP contribution in [0, 0.1) is 0 Å². The molecule has 0 aliphatic carbocycles. The van der Waals surface area contributed by atoms with Crippen molar-refractivity contribution in [3.05, 3.63) is 120 Å². The molecule has 2 heterocycles. The molecule has 1 aliphatic rings. The van der Waals surface area contributed by atoms with Crippen LogP contribution in [0.5, 0.6) is 0 Å². The molecule has 0 bridgehead atoms. The fourth-order valence-electron chi connectivity index (χ4n) is 4.86. The Morgan fingerprint density at radius 3 is 2.11 bits per heavy atom. The van der Waals surface area contributed by atoms with Gasteiger partial charge < -0.3 is 9.47 Å². The minimum atomic E-state index is -0.864. The predicted molar refractivity (Wildman–Crippen MR) is 143 cm³/mol. The van der Waals surface area contributed by atoms with E-state index in [0.29, 0.717) is 5.56 Å². The molecular formula is C30H28ClN3O2. The van der Waals surface area contributed by atoms with Gasteiger partial charge in [0.15, 0.2) is 0 Å². The van der Waals surface area contributed by atoms with Gasteiger partial charge in [-0.2, -0.15) is 0 Å². The highest BCUT2D eigenvalue weighted by atomic mass is 35.5. The lowest BCUT2D eigenvalue weighted by Gasteiger charge is -2.40. The van der Waals surface area contributed by atoms with E-state index in [2.05, 4.69) is 4.57 Å². The summed E-state index contributed by atoms with van der Waals surface area (Å²) in [5, 5.41) is -0.864. The van der Waals surface area contributed by atoms with Crippen LogP contribution in [0.1, 0.15) is 42.1 Å². The largest absolute Gasteiger partial charge is 0.329 e. The summed E-state index contributed by atoms with van der Waals surface area (Å²) >= 11 is 6.60. The molecule has 1 aromatic heterocycles. The van der Waals surface area contributed by atoms with Gasteiger partial charge in [-0.3, -0.25) is 14.5 Å². The Bertz CT molecular complexity index is 1370. The Morgan fingerprint density at radius 1 is 0.833 bits per heavy atom. The third kappa shape index (κ3) is 4.31. The second-order valence-electron chi connectivity index (χ2n) is 9.20. The zero-order valence-electron chi connectivity index (χ0n) is 20.3. The lowest BCUT2D eigenvalue weighted by Crippen LogP contribution is -2.49. The number of benzene rings is 3. The second-order valence-corrected chi connectivity index (χ2v) is 9.64. The topological polar surface area (TPSA) is 45.6 Å². The van der Waals surface area contributed by atoms with Gasteiger partial charge in [0.05, 0.1) is 17.1 Å². The molecule has 6 heteroatoms. The minimum Gasteiger partial charge on any atom is -0.329 e. The molecular weight excluding hydrogens is 470 g/mol. The van der Waals surface area contributed by atoms with Crippen LogP contribution < -0.4 is 4.90 Å². The van der Waals surface area contributed by atoms with Crippen molar-refractivity contribution in [1.29, 1.82) is 0 Å². The Balaban J connectivity index is 1.53. The first-order valence-electron chi connectivity index (χ1n) is 12.1. The van der Waals surface area contributed by atoms with Gasteiger partial charge in [-0.25, -0.2) is 0 Å². The van der Waals surface area contributed by atoms with Crippen molar-refractivity contribution in [1.82, 2.24) is 9.47 Å². The highest BCUT2D eigenvalue weighted by Gasteiger charge is 2.38. The Kier molecular flexibility index (Phi) is 6.66. The van der Waals surface area contributed by atoms with Gasteiger partial charge in [-0.05, 0) is 49.2 Å². The molecule has 3 aromatic carbocycles. The van der Waals surface area contributed by atoms with Crippen LogP contribution in [0.15, 0.2) is 103 Å². The van der Waals surface area contributed by atoms with Gasteiger partial charge in [0.1, 0.15) is 18.0 Å². The third-order valence-electron chi connectivity index (χ3n) is 6.62. The van der Waals surface area contributed by atoms with E-state index in [1.807, 2.05) is 122 Å². The summed E-state index contributed by atoms with van der Waals surface area (Å²) in [7, 11) is 0. The number of hydrogen-bond donors (Lipinski definition) is 0. The average Bonchev–Trinajstić information content (AvgIpc) is 3.41. The molecule has 0 radical (unpaired) electrons. The summed E-state index contributed by atoms with van der Waals surface area (Å²) in [6.45, 7) is 3.73. The van der Waals surface area contributed by atoms with Crippen molar-refractivity contribution in [3.63, 3.8) is 0 Å². The number of fused-ring (bicyclic) bond motifs is 3. The molecule has 2 amide bonds. The molecule has 0 N–H and O–H groups in total. The van der Waals surface area contributed by atoms with E-state index in [1.54, 1.807) is 4.90 Å². The molecule has 0 spiro atoms. The normalized spacial score (nSPS) is 15.2. The van der Waals surface area contributed by atoms with E-state index in [0.717, 1.165) is 22.6 Å². The predicted octanol–water partition coefficient (Wildman–Crippen LogP) is 6.13. The monoisotopic (exact) mass is 497 g/mol. The molecule has 2 unspecified atom stereocenters. The van der Waals surface area contributed by atoms with Crippen LogP contribution in [-0.2, 0) is 9.59 Å². The first-order chi connectivity index (χ1) is 17.5. The summed E-state index contributed by atoms with van der Waals surface area (Å²) in [5.74, 6) is -0.445. The standard InChI is InChI=1S/C30H28ClN3O2/c1-21(2)33(30(36)28(31)22-12-5-3-6-13-22)20-27(35)34-25-17-10-9-16-24(25)32-19-11-18-26(32)29(34)23-14-7-4-8-15-23/h3-19,21,28-29H,20H2,1-2H3. The minimum absolute atomic E-state index is 0.0784. The third-order valence-corrected chi connectivity index (χ3v) is 7.06. The molecule has 1 aliphatic heterocycles. The second kappa shape index (κ2) is 10.0. The number of amides is 2. The zero-order valence-corrected chi connectivity index (χ0v) is 21.0. The first-order valence-corrected chi connectivity index (χ1v) is 12.5. The lowest BCUT2D eigenvalue weighted by molar-refractivity contribution is -0.136. The van der Waals surface area contributed by atoms with Crippen molar-refractivity contribution >= 4 is 29.1 Å². The zero-order chi connectivity index (χ0) is 25.2. The van der Waals surface area contributed by atoms with Gasteiger partial charge in [-0.1, -0.05) is 72.8 Å². The van der Waals surface area contributed by atoms with E-state index < -0.39 is 5.38 Å². The maximum absolute atomic E-state index is 14.1. The van der Waals surface area contributed by atoms with Crippen LogP contribution >= 0.6 is 11.6 Å². The van der Waals surface area contributed by atoms with Crippen molar-refractivity contribution in [2.24, 2.45) is 0 Å². The molecule has 36 heavy (non-hydrogen) atoms. The number of nitrogens with zero attached hydrogens (tertiary/aromatic N) is 3. The number of rotatable bonds is 6. The molecule has 0 saturated heterocycles. The van der Waals surface area contributed by atoms with Gasteiger partial charge in [-0.15, -0.1) is 11.6 Å². The number of alkyl halides is 1. The Labute approximate surface area is 216 Å². The molecule has 4 aromatic rings. The van der Waals surface area contributed by atoms with Crippen molar-refractivity contribution in [3.8, 4) is 5.69 Å². The molecule has 2 atom stereocenters. The van der Waals surface area contributed by atoms with E-state index >= 15 is 0 Å². The summed E-state index contributed by atoms with van der Waals surface area (Å²) in [4.78, 5) is 31.0. The molecule has 0 fully saturated rings. The highest BCUT2D eigenvalue weighted by molar-refractivity contribution is 6.31. The molecule has 0 saturated carbocycles. The number of anilines is 1. The number of carbonyl (C=O) groups excluding carboxylic acids is 2. The fraction of sp³-hybridized carbons (Fsp3) is 0.200. The number of carbonyl (C=O) groups is 2. The molecule has 182 valence electrons. The highest BCUT2D eigenvalue weighted by Crippen LogP contribution is 2.42. The van der Waals surface area contributed by atoms with E-state index in [4.69, 9.17) is 11.6 Å². The van der Waals surface area contributed by atoms with Gasteiger partial charge in [0, 0.05) is 12.2 Å². The summed E-state index contributed by atoms with van der Waals surface area (Å²) in [6.07, 6.45) is 2.02. The first kappa shape index (κ1) is 23.9. The number of hydrogen-bond acceptors (Lipinski definition) is 2. The maximum atomic E-state index is 14.1. The van der Waals surface area contributed by atoms with Gasteiger partial charge in [0.25, 0.3) is 0 Å². The summed E-state index contributed by atoms with van der Waals surface area (Å²) < 4.78 is 2.13. The van der Waals surface area contributed by atoms with E-state index in [9.17, 15) is 9.59 Å². The fourth-order valence-corrected chi connectivity index (χ4v) is 5.13. The quantitative estimate of drug-likeness (QED) is 0.301. The van der Waals surface area contributed by atoms with Crippen LogP contribution in [0.2, 0.25) is 0 Å². The van der Waals surface area contributed by atoms with Gasteiger partial charge in [0.2, 0.25) is 11.8 Å². The van der Waals surface area contributed by atoms with Crippen LogP contribution in [0.25, 0.3) is 5.69 Å². The van der Waals surface area contributed by atoms with Crippen LogP contribution in [0.4, 0.5) is 5.69 Å². The molecule has 5 nitrogen and oxygen atoms in total. The van der Waals surface area contributed by atoms with E-state index in [-0.39, 0.29) is 30.4 Å². The van der Waals surface area contributed by atoms with Crippen LogP contribution in [-0.4, -0.2) is 33.9 Å². The summed E-state index contributed by atoms with van der Waals surface area (Å²) in [6, 6.07) is 30.6. The number of halogens is 1. The van der Waals surface area contributed by atoms with E-state index in [1.165, 1.54) is 0 Å². The van der Waals surface area contributed by atoms with Crippen LogP contribution in [0.3, 0.4) is 0 Å². The van der Waals surface area contributed by atoms with Crippen molar-refractivity contribution in [2.75, 3.05) is 11.4 Å². The van der Waals surface area contributed by atoms with Crippen molar-refractivity contribution < 1.29 is 9.59 Å². The smallest absolute Gasteiger partial charge is 0.247 e. The van der Waals surface area contributed by atoms with Gasteiger partial charge >= 0.3 is 0 Å². The average molecular weight is 498 g/mol. The maximum Gasteiger partial charge on any atom is 0.247 e. The SMILES string of the molecule is CC(C)N(CC(=O)N1c2ccccc2-n2cccc2C1c1ccccc1)C(=O)C(Cl)c1ccccc1. The lowest BCUT2D eigenvalue weighted by atomic mass is 9.97. The Hall–Kier alpha value is -3.83. The van der Waals surface area contributed by atoms with Crippen molar-refractivity contribution in [2.45, 2.75) is 31.3 Å². The molecule has 5 rings (SSSR count). The Morgan fingerprint density at radius 2 is 1.44 bits per heavy atom. The number of para-hydroxylation sites is 2.